The molecule has 3 atom stereocenters. The second kappa shape index (κ2) is 14.5. The molecule has 288 valence electrons. The van der Waals surface area contributed by atoms with Gasteiger partial charge >= 0.3 is 0 Å². The number of nitrogens with two attached hydrogens (primary N) is 1. The molecule has 0 saturated carbocycles. The maximum atomic E-state index is 13.3. The van der Waals surface area contributed by atoms with Gasteiger partial charge in [-0.1, -0.05) is 24.3 Å². The van der Waals surface area contributed by atoms with Crippen molar-refractivity contribution in [3.63, 3.8) is 0 Å². The number of phenolic OH excluding ortho intramolecular Hbond substituents is 1. The number of piperidine rings is 1. The maximum absolute atomic E-state index is 13.3. The molecule has 3 unspecified atom stereocenters. The quantitative estimate of drug-likeness (QED) is 0.213. The molecule has 15 heteroatoms. The average Bonchev–Trinajstić information content (AvgIpc) is 3.61. The smallest absolute Gasteiger partial charge is 0.262 e. The third-order valence-corrected chi connectivity index (χ3v) is 11.8. The van der Waals surface area contributed by atoms with Crippen LogP contribution in [0, 0.1) is 0 Å². The minimum Gasteiger partial charge on any atom is -0.507 e. The van der Waals surface area contributed by atoms with Crippen LogP contribution in [0.2, 0.25) is 0 Å². The molecule has 15 nitrogen and oxygen atoms in total. The van der Waals surface area contributed by atoms with Crippen LogP contribution in [0.15, 0.2) is 72.8 Å². The highest BCUT2D eigenvalue weighted by Crippen LogP contribution is 2.42. The van der Waals surface area contributed by atoms with E-state index in [9.17, 15) is 24.3 Å². The summed E-state index contributed by atoms with van der Waals surface area (Å²) in [5.74, 6) is -0.616. The molecule has 0 radical (unpaired) electrons. The number of anilines is 4. The summed E-state index contributed by atoms with van der Waals surface area (Å²) in [6.45, 7) is 5.95. The zero-order valence-electron chi connectivity index (χ0n) is 30.8. The Labute approximate surface area is 323 Å². The fourth-order valence-electron chi connectivity index (χ4n) is 8.92. The molecule has 4 N–H and O–H groups in total. The highest BCUT2D eigenvalue weighted by atomic mass is 16.5. The molecule has 4 saturated heterocycles. The normalized spacial score (nSPS) is 22.5. The van der Waals surface area contributed by atoms with Crippen molar-refractivity contribution in [2.24, 2.45) is 0 Å². The number of carbonyl (C=O) groups excluding carboxylic acids is 4. The predicted octanol–water partition coefficient (Wildman–Crippen LogP) is 2.89. The van der Waals surface area contributed by atoms with Crippen LogP contribution in [0.25, 0.3) is 11.3 Å². The van der Waals surface area contributed by atoms with Crippen LogP contribution in [0.5, 0.6) is 11.5 Å². The molecule has 1 aromatic heterocycles. The van der Waals surface area contributed by atoms with E-state index >= 15 is 0 Å². The van der Waals surface area contributed by atoms with Crippen molar-refractivity contribution in [1.82, 2.24) is 25.3 Å². The van der Waals surface area contributed by atoms with Gasteiger partial charge in [-0.2, -0.15) is 0 Å². The lowest BCUT2D eigenvalue weighted by Gasteiger charge is -2.44. The van der Waals surface area contributed by atoms with Crippen molar-refractivity contribution in [2.45, 2.75) is 43.8 Å². The number of hydrogen-bond donors (Lipinski definition) is 3. The van der Waals surface area contributed by atoms with E-state index in [0.29, 0.717) is 29.2 Å². The second-order valence-electron chi connectivity index (χ2n) is 15.0. The van der Waals surface area contributed by atoms with Gasteiger partial charge in [0, 0.05) is 75.6 Å². The van der Waals surface area contributed by atoms with Crippen LogP contribution in [-0.2, 0) is 9.59 Å². The van der Waals surface area contributed by atoms with Crippen molar-refractivity contribution in [3.8, 4) is 22.8 Å². The van der Waals surface area contributed by atoms with E-state index < -0.39 is 29.7 Å². The number of nitrogens with zero attached hydrogens (tertiary/aromatic N) is 7. The van der Waals surface area contributed by atoms with E-state index in [4.69, 9.17) is 10.5 Å². The molecule has 6 heterocycles. The van der Waals surface area contributed by atoms with Crippen LogP contribution in [-0.4, -0.2) is 119 Å². The molecular weight excluding hydrogens is 715 g/mol. The average molecular weight is 758 g/mol. The van der Waals surface area contributed by atoms with E-state index in [1.54, 1.807) is 24.3 Å². The number of carbonyl (C=O) groups is 4. The number of imide groups is 2. The Morgan fingerprint density at radius 2 is 1.50 bits per heavy atom. The van der Waals surface area contributed by atoms with Gasteiger partial charge in [0.2, 0.25) is 11.8 Å². The predicted molar refractivity (Wildman–Crippen MR) is 209 cm³/mol. The number of rotatable bonds is 9. The molecule has 9 rings (SSSR count). The van der Waals surface area contributed by atoms with E-state index in [1.807, 2.05) is 36.4 Å². The summed E-state index contributed by atoms with van der Waals surface area (Å²) in [7, 11) is 0. The Morgan fingerprint density at radius 3 is 2.27 bits per heavy atom. The van der Waals surface area contributed by atoms with E-state index in [1.165, 1.54) is 0 Å². The first-order valence-electron chi connectivity index (χ1n) is 19.2. The van der Waals surface area contributed by atoms with Crippen LogP contribution in [0.3, 0.4) is 0 Å². The Morgan fingerprint density at radius 1 is 0.768 bits per heavy atom. The fourth-order valence-corrected chi connectivity index (χ4v) is 8.92. The van der Waals surface area contributed by atoms with Crippen molar-refractivity contribution in [3.05, 3.63) is 83.9 Å². The number of para-hydroxylation sites is 3. The van der Waals surface area contributed by atoms with Crippen LogP contribution in [0.4, 0.5) is 22.9 Å². The molecule has 5 aliphatic heterocycles. The number of aromatic hydroxyl groups is 1. The Balaban J connectivity index is 0.802. The topological polar surface area (TPSA) is 178 Å². The monoisotopic (exact) mass is 757 g/mol. The fraction of sp³-hybridized carbons (Fsp3) is 0.366. The number of ether oxygens (including phenoxy) is 1. The third-order valence-electron chi connectivity index (χ3n) is 11.8. The molecule has 0 spiro atoms. The number of benzene rings is 3. The van der Waals surface area contributed by atoms with Crippen molar-refractivity contribution < 1.29 is 29.0 Å². The molecule has 56 heavy (non-hydrogen) atoms. The summed E-state index contributed by atoms with van der Waals surface area (Å²) in [4.78, 5) is 61.0. The molecule has 2 bridgehead atoms. The lowest BCUT2D eigenvalue weighted by Crippen LogP contribution is -2.54. The van der Waals surface area contributed by atoms with Crippen molar-refractivity contribution in [1.29, 1.82) is 0 Å². The lowest BCUT2D eigenvalue weighted by molar-refractivity contribution is -0.136. The Bertz CT molecular complexity index is 2210. The first-order valence-corrected chi connectivity index (χ1v) is 19.2. The van der Waals surface area contributed by atoms with Gasteiger partial charge in [0.25, 0.3) is 11.8 Å². The van der Waals surface area contributed by atoms with Gasteiger partial charge in [-0.3, -0.25) is 34.3 Å². The second-order valence-corrected chi connectivity index (χ2v) is 15.0. The first-order chi connectivity index (χ1) is 27.2. The van der Waals surface area contributed by atoms with Gasteiger partial charge in [-0.15, -0.1) is 10.2 Å². The summed E-state index contributed by atoms with van der Waals surface area (Å²) < 4.78 is 6.49. The van der Waals surface area contributed by atoms with Crippen LogP contribution < -0.4 is 30.5 Å². The van der Waals surface area contributed by atoms with Crippen LogP contribution >= 0.6 is 0 Å². The van der Waals surface area contributed by atoms with E-state index in [-0.39, 0.29) is 36.2 Å². The molecule has 4 amide bonds. The van der Waals surface area contributed by atoms with Gasteiger partial charge < -0.3 is 30.3 Å². The van der Waals surface area contributed by atoms with Gasteiger partial charge in [-0.25, -0.2) is 0 Å². The lowest BCUT2D eigenvalue weighted by atomic mass is 10.0. The van der Waals surface area contributed by atoms with Crippen molar-refractivity contribution >= 4 is 46.5 Å². The number of fused-ring (bicyclic) bond motifs is 3. The van der Waals surface area contributed by atoms with Gasteiger partial charge in [0.1, 0.15) is 24.1 Å². The molecule has 3 aromatic carbocycles. The minimum atomic E-state index is -0.983. The molecule has 0 aliphatic carbocycles. The Kier molecular flexibility index (Phi) is 9.16. The van der Waals surface area contributed by atoms with Crippen molar-refractivity contribution in [2.75, 3.05) is 72.9 Å². The van der Waals surface area contributed by atoms with E-state index in [0.717, 1.165) is 86.4 Å². The van der Waals surface area contributed by atoms with Gasteiger partial charge in [0.15, 0.2) is 5.82 Å². The first kappa shape index (κ1) is 35.5. The van der Waals surface area contributed by atoms with Crippen LogP contribution in [0.1, 0.15) is 46.4 Å². The molecule has 5 aliphatic rings. The number of aromatic nitrogens is 2. The third kappa shape index (κ3) is 6.40. The van der Waals surface area contributed by atoms with Gasteiger partial charge in [-0.05, 0) is 67.8 Å². The standard InChI is InChI=1S/C41H43N9O6/c42-38-34(22-31(44-45-38)29-5-1-3-7-35(29)51)48-23-26-9-10-27(24-48)49(26)32-6-2-4-8-36(32)56-20-19-46-15-17-47(18-16-46)25-11-12-28-30(21-25)41(55)50(40(28)54)33-13-14-37(52)43-39(33)53/h1-8,11-12,21-22,26-27,33,51H,9-10,13-20,23-24H2,(H2,42,45)(H,43,52,53). The largest absolute Gasteiger partial charge is 0.507 e. The minimum absolute atomic E-state index is 0.0856. The zero-order chi connectivity index (χ0) is 38.5. The maximum Gasteiger partial charge on any atom is 0.262 e. The number of phenols is 1. The SMILES string of the molecule is Nc1nnc(-c2ccccc2O)cc1N1CC2CCC(C1)N2c1ccccc1OCCN1CCN(c2ccc3c(c2)C(=O)N(C2CCC(=O)NC2=O)C3=O)CC1. The summed E-state index contributed by atoms with van der Waals surface area (Å²) in [5, 5.41) is 21.2. The molecule has 4 aromatic rings. The number of amides is 4. The number of nitrogens with one attached hydrogen (secondary N) is 1. The highest BCUT2D eigenvalue weighted by molar-refractivity contribution is 6.23. The summed E-state index contributed by atoms with van der Waals surface area (Å²) in [6, 6.07) is 22.1. The highest BCUT2D eigenvalue weighted by Gasteiger charge is 2.45. The van der Waals surface area contributed by atoms with Gasteiger partial charge in [0.05, 0.1) is 28.2 Å². The number of piperazine rings is 2. The summed E-state index contributed by atoms with van der Waals surface area (Å²) >= 11 is 0. The summed E-state index contributed by atoms with van der Waals surface area (Å²) in [6.07, 6.45) is 2.32. The van der Waals surface area contributed by atoms with E-state index in [2.05, 4.69) is 47.2 Å². The summed E-state index contributed by atoms with van der Waals surface area (Å²) in [5.41, 5.74) is 10.9. The zero-order valence-corrected chi connectivity index (χ0v) is 30.8. The Hall–Kier alpha value is -6.22. The number of hydrogen-bond acceptors (Lipinski definition) is 13. The molecule has 4 fully saturated rings. The number of nitrogen functional groups attached to an aromatic ring is 1. The molecular formula is C41H43N9O6.